The van der Waals surface area contributed by atoms with E-state index >= 15 is 0 Å². The average molecular weight is 2240 g/mol. The first-order valence-electron chi connectivity index (χ1n) is 45.1. The maximum absolute atomic E-state index is 13.1. The third-order valence-electron chi connectivity index (χ3n) is 24.8. The standard InChI is InChI=1S/2C27H21OS2.C25H20NO4S.C12H12F2O9S.C10H10F2O7S.C2F6NO4S2/c2*1-2-20-11-13-21(14-12-20)19-28-22-15-17-23(18-16-22)30-26-9-5-3-7-24(26)29-25-8-4-6-10-27(25)30;1-17-16-24(27)26(25(17)28)14-15-29-18-10-12-19(13-11-18)31-22-8-4-2-6-20(22)30-21-7-3-5-9-23(21)31;13-12(14,24(18,19)20)11(17)21-3-7(15)22-8-4-1-5-6(2-4)10(16)23-9(5)8;11-10(12,20(15,16)17)9(14)19-6-3-1-4-5(2-3)8(13)18-7(4)6;3-1(4,5)14(10,11)9-15(12,13)2(6,7)8/h2*2-18H,1,19H2;2-13H,1,14-16H2;4-6,8-9H,1-3H2,(H,18,19,20);3-7H,1-2H2,(H,15,16,17);/q3*+1;;;-1/p-2. The van der Waals surface area contributed by atoms with E-state index in [0.29, 0.717) is 50.2 Å². The normalized spacial score (nSPS) is 20.5. The van der Waals surface area contributed by atoms with Gasteiger partial charge in [0.1, 0.15) is 94.2 Å². The van der Waals surface area contributed by atoms with Gasteiger partial charge in [-0.15, -0.1) is 0 Å². The van der Waals surface area contributed by atoms with Crippen LogP contribution in [0.5, 0.6) is 28.7 Å². The fraction of sp³-hybridized carbons (Fsp3) is 0.233. The number of benzene rings is 11. The Morgan fingerprint density at radius 2 is 0.780 bits per heavy atom. The third kappa shape index (κ3) is 24.0. The number of esters is 5. The molecule has 10 aliphatic rings. The summed E-state index contributed by atoms with van der Waals surface area (Å²) in [6, 6.07) is 93.0. The molecule has 21 rings (SSSR count). The summed E-state index contributed by atoms with van der Waals surface area (Å²) in [4.78, 5) is 98.8. The topological polar surface area (TPSA) is 403 Å². The molecule has 11 aromatic rings. The molecule has 4 bridgehead atoms. The second-order valence-corrected chi connectivity index (χ2v) is 48.7. The third-order valence-corrected chi connectivity index (χ3v) is 39.0. The van der Waals surface area contributed by atoms with E-state index in [4.69, 9.17) is 33.2 Å². The summed E-state index contributed by atoms with van der Waals surface area (Å²) >= 11 is 3.74. The highest BCUT2D eigenvalue weighted by molar-refractivity contribution is 8.13. The van der Waals surface area contributed by atoms with Gasteiger partial charge in [0.2, 0.25) is 15.7 Å². The molecular weight excluding hydrogens is 2160 g/mol. The molecule has 3 saturated heterocycles. The Balaban J connectivity index is 0.000000130. The summed E-state index contributed by atoms with van der Waals surface area (Å²) in [5, 5.41) is -10.4. The lowest BCUT2D eigenvalue weighted by Gasteiger charge is -2.27. The van der Waals surface area contributed by atoms with E-state index in [-0.39, 0.29) is 106 Å². The second-order valence-electron chi connectivity index (χ2n) is 34.3. The highest BCUT2D eigenvalue weighted by Crippen LogP contribution is 2.58. The van der Waals surface area contributed by atoms with Gasteiger partial charge in [0.25, 0.3) is 5.91 Å². The van der Waals surface area contributed by atoms with Crippen LogP contribution in [0.4, 0.5) is 43.9 Å². The van der Waals surface area contributed by atoms with Crippen LogP contribution in [0.3, 0.4) is 0 Å². The van der Waals surface area contributed by atoms with Gasteiger partial charge in [0, 0.05) is 29.2 Å². The van der Waals surface area contributed by atoms with Crippen molar-refractivity contribution in [2.24, 2.45) is 35.5 Å². The van der Waals surface area contributed by atoms with Crippen LogP contribution >= 0.6 is 23.5 Å². The first-order chi connectivity index (χ1) is 71.1. The molecule has 6 aliphatic heterocycles. The molecule has 4 saturated carbocycles. The van der Waals surface area contributed by atoms with E-state index in [1.807, 2.05) is 84.2 Å². The summed E-state index contributed by atoms with van der Waals surface area (Å²) < 4.78 is 270. The predicted octanol–water partition coefficient (Wildman–Crippen LogP) is 19.4. The van der Waals surface area contributed by atoms with Crippen LogP contribution in [0.25, 0.3) is 16.3 Å². The molecule has 7 fully saturated rings. The maximum Gasteiger partial charge on any atom is 0.480 e. The van der Waals surface area contributed by atoms with Crippen LogP contribution in [-0.4, -0.2) is 155 Å². The minimum atomic E-state index is -6.72. The Bertz CT molecular complexity index is 7160. The summed E-state index contributed by atoms with van der Waals surface area (Å²) in [5.74, 6) is -4.58. The number of rotatable bonds is 25. The maximum atomic E-state index is 13.1. The molecule has 0 N–H and O–H groups in total. The number of imide groups is 1. The number of hydrogen-bond donors (Lipinski definition) is 0. The van der Waals surface area contributed by atoms with Crippen molar-refractivity contribution in [1.29, 1.82) is 0 Å². The van der Waals surface area contributed by atoms with E-state index in [1.165, 1.54) is 53.9 Å². The molecule has 28 nitrogen and oxygen atoms in total. The molecule has 0 radical (unpaired) electrons. The number of para-hydroxylation sites is 2. The summed E-state index contributed by atoms with van der Waals surface area (Å²) in [6.45, 7) is 11.5. The van der Waals surface area contributed by atoms with Gasteiger partial charge in [-0.2, -0.15) is 43.9 Å². The van der Waals surface area contributed by atoms with Gasteiger partial charge in [-0.3, -0.25) is 24.1 Å². The van der Waals surface area contributed by atoms with Crippen molar-refractivity contribution in [3.05, 3.63) is 319 Å². The summed E-state index contributed by atoms with van der Waals surface area (Å²) in [5.41, 5.74) is -7.52. The zero-order valence-electron chi connectivity index (χ0n) is 77.5. The zero-order valence-corrected chi connectivity index (χ0v) is 84.8. The van der Waals surface area contributed by atoms with Crippen LogP contribution in [0.2, 0.25) is 0 Å². The van der Waals surface area contributed by atoms with Gasteiger partial charge in [-0.25, -0.2) is 48.1 Å². The van der Waals surface area contributed by atoms with Crippen molar-refractivity contribution in [3.63, 3.8) is 0 Å². The van der Waals surface area contributed by atoms with Crippen LogP contribution in [0.1, 0.15) is 54.4 Å². The molecule has 10 atom stereocenters. The highest BCUT2D eigenvalue weighted by atomic mass is 32.3. The number of carbonyl (C=O) groups excluding carboxylic acids is 7. The van der Waals surface area contributed by atoms with E-state index in [9.17, 15) is 120 Å². The molecule has 2 amide bonds. The summed E-state index contributed by atoms with van der Waals surface area (Å²) in [6.07, 6.45) is 2.48. The van der Waals surface area contributed by atoms with Gasteiger partial charge in [-0.05, 0) is 194 Å². The highest BCUT2D eigenvalue weighted by Gasteiger charge is 2.66. The Kier molecular flexibility index (Phi) is 32.9. The predicted molar refractivity (Wildman–Crippen MR) is 523 cm³/mol. The number of nitrogens with zero attached hydrogens (tertiary/aromatic N) is 2. The number of likely N-dealkylation sites (tertiary alicyclic amines) is 1. The van der Waals surface area contributed by atoms with Gasteiger partial charge in [0.05, 0.1) is 44.4 Å². The minimum absolute atomic E-state index is 0.0576. The van der Waals surface area contributed by atoms with Crippen LogP contribution < -0.4 is 18.9 Å². The fourth-order valence-electron chi connectivity index (χ4n) is 17.8. The molecule has 0 aromatic heterocycles. The van der Waals surface area contributed by atoms with Crippen molar-refractivity contribution in [3.8, 4) is 28.7 Å². The molecule has 10 unspecified atom stereocenters. The van der Waals surface area contributed by atoms with Crippen molar-refractivity contribution >= 4 is 150 Å². The van der Waals surface area contributed by atoms with Crippen LogP contribution in [0, 0.1) is 35.5 Å². The molecule has 47 heteroatoms. The molecule has 150 heavy (non-hydrogen) atoms. The fourth-order valence-corrected chi connectivity index (χ4v) is 29.7. The summed E-state index contributed by atoms with van der Waals surface area (Å²) in [7, 11) is -26.3. The quantitative estimate of drug-likeness (QED) is 0.00975. The molecule has 0 spiro atoms. The first-order valence-corrected chi connectivity index (χ1v) is 56.1. The van der Waals surface area contributed by atoms with Gasteiger partial charge < -0.3 is 55.9 Å². The molecule has 6 heterocycles. The Morgan fingerprint density at radius 3 is 1.13 bits per heavy atom. The molecule has 784 valence electrons. The number of alkyl halides is 10. The van der Waals surface area contributed by atoms with E-state index in [0.717, 1.165) is 64.1 Å². The average Bonchev–Trinajstić information content (AvgIpc) is 1.57. The van der Waals surface area contributed by atoms with Crippen molar-refractivity contribution < 1.29 is 163 Å². The SMILES string of the molecule is C=C1CC(=O)N(CCOc2ccc([S+]3c4ccccc4Oc4ccccc43)cc2)C1=O.C=Cc1ccc(COc2ccc([S+]3c4ccccc4Sc4ccccc43)cc2)cc1.C=Cc1ccc(COc2ccc([S+]3c4ccccc4Sc4ccccc43)cc2)cc1.O=C(COC(=O)C(F)(F)S(=O)(=O)[O-])OC1C2CC3C(=O)OC1C3C2.O=C1OC2C3CC(CC13)C2OC(=O)C(F)(F)S(=O)(=O)[O-].O=S(=O)([N-]S(=O)(=O)C(F)(F)F)C(F)(F)F. The molecular formula is C103H82F10N2O26S9. The lowest BCUT2D eigenvalue weighted by atomic mass is 9.88. The van der Waals surface area contributed by atoms with Crippen LogP contribution in [0.15, 0.2) is 356 Å². The number of hydrogen-bond acceptors (Lipinski definition) is 28. The molecule has 4 aliphatic carbocycles. The second kappa shape index (κ2) is 44.9. The number of amides is 2. The smallest absolute Gasteiger partial charge is 0.480 e. The first kappa shape index (κ1) is 110. The van der Waals surface area contributed by atoms with Crippen molar-refractivity contribution in [2.75, 3.05) is 19.8 Å². The number of carbonyl (C=O) groups is 7. The van der Waals surface area contributed by atoms with E-state index in [2.05, 4.69) is 248 Å². The number of halogens is 10. The largest absolute Gasteiger partial charge is 0.743 e. The Labute approximate surface area is 869 Å². The Morgan fingerprint density at radius 1 is 0.440 bits per heavy atom. The zero-order chi connectivity index (χ0) is 107. The Hall–Kier alpha value is -12.9. The van der Waals surface area contributed by atoms with Gasteiger partial charge in [-0.1, -0.05) is 177 Å². The van der Waals surface area contributed by atoms with E-state index < -0.39 is 117 Å². The van der Waals surface area contributed by atoms with Crippen LogP contribution in [-0.2, 0) is 143 Å². The lowest BCUT2D eigenvalue weighted by Crippen LogP contribution is -2.44. The van der Waals surface area contributed by atoms with E-state index in [1.54, 1.807) is 0 Å². The number of ether oxygens (including phenoxy) is 9. The number of sulfonamides is 2. The lowest BCUT2D eigenvalue weighted by molar-refractivity contribution is -0.176. The minimum Gasteiger partial charge on any atom is -0.743 e. The molecule has 11 aromatic carbocycles. The van der Waals surface area contributed by atoms with Crippen molar-refractivity contribution in [2.45, 2.75) is 155 Å². The van der Waals surface area contributed by atoms with Gasteiger partial charge in [0.15, 0.2) is 92.7 Å². The number of fused-ring (bicyclic) bond motifs is 8. The monoisotopic (exact) mass is 2240 g/mol. The van der Waals surface area contributed by atoms with Crippen molar-refractivity contribution in [1.82, 2.24) is 4.90 Å². The van der Waals surface area contributed by atoms with Gasteiger partial charge >= 0.3 is 51.4 Å².